The lowest BCUT2D eigenvalue weighted by atomic mass is 10.1. The number of rotatable bonds is 9. The maximum atomic E-state index is 11.9. The van der Waals surface area contributed by atoms with Crippen LogP contribution >= 0.6 is 0 Å². The Morgan fingerprint density at radius 2 is 2.20 bits per heavy atom. The molecule has 1 saturated heterocycles. The first kappa shape index (κ1) is 18.9. The van der Waals surface area contributed by atoms with E-state index in [0.717, 1.165) is 6.42 Å². The summed E-state index contributed by atoms with van der Waals surface area (Å²) >= 11 is 0. The zero-order valence-electron chi connectivity index (χ0n) is 14.6. The molecular weight excluding hydrogens is 330 g/mol. The zero-order chi connectivity index (χ0) is 18.4. The Labute approximate surface area is 146 Å². The van der Waals surface area contributed by atoms with Crippen molar-refractivity contribution in [1.82, 2.24) is 4.90 Å². The normalized spacial score (nSPS) is 16.2. The molecule has 9 nitrogen and oxygen atoms in total. The molecule has 0 spiro atoms. The molecule has 0 aromatic heterocycles. The third-order valence-electron chi connectivity index (χ3n) is 3.79. The van der Waals surface area contributed by atoms with Gasteiger partial charge in [0.2, 0.25) is 0 Å². The number of ether oxygens (including phenoxy) is 3. The highest BCUT2D eigenvalue weighted by atomic mass is 16.6. The monoisotopic (exact) mass is 353 g/mol. The second kappa shape index (κ2) is 8.63. The molecule has 1 heterocycles. The molecule has 0 saturated carbocycles. The smallest absolute Gasteiger partial charge is 0.338 e. The molecule has 25 heavy (non-hydrogen) atoms. The Kier molecular flexibility index (Phi) is 6.54. The number of nitro benzene ring substituents is 1. The van der Waals surface area contributed by atoms with Crippen LogP contribution in [0.4, 0.5) is 11.4 Å². The van der Waals surface area contributed by atoms with Gasteiger partial charge < -0.3 is 24.4 Å². The van der Waals surface area contributed by atoms with E-state index >= 15 is 0 Å². The minimum atomic E-state index is -0.588. The third-order valence-corrected chi connectivity index (χ3v) is 3.79. The maximum absolute atomic E-state index is 11.9. The molecule has 1 fully saturated rings. The Bertz CT molecular complexity index is 631. The van der Waals surface area contributed by atoms with Gasteiger partial charge in [0.25, 0.3) is 0 Å². The second-order valence-electron chi connectivity index (χ2n) is 5.93. The van der Waals surface area contributed by atoms with E-state index in [1.54, 1.807) is 0 Å². The summed E-state index contributed by atoms with van der Waals surface area (Å²) < 4.78 is 15.6. The van der Waals surface area contributed by atoms with Crippen molar-refractivity contribution in [2.45, 2.75) is 12.5 Å². The van der Waals surface area contributed by atoms with Crippen molar-refractivity contribution in [3.05, 3.63) is 27.8 Å². The van der Waals surface area contributed by atoms with Crippen LogP contribution in [0.25, 0.3) is 0 Å². The zero-order valence-corrected chi connectivity index (χ0v) is 14.6. The van der Waals surface area contributed by atoms with E-state index in [2.05, 4.69) is 5.32 Å². The van der Waals surface area contributed by atoms with Crippen molar-refractivity contribution in [3.8, 4) is 5.75 Å². The standard InChI is InChI=1S/C16H23N3O6/c1-18(2)5-7-25-14-9-11(16(20)23-3)8-13(15(14)19(21)22)17-10-12-4-6-24-12/h8-9,12,17H,4-7,10H2,1-3H3/t12-/m0/s1. The molecule has 1 atom stereocenters. The minimum Gasteiger partial charge on any atom is -0.485 e. The number of nitrogens with zero attached hydrogens (tertiary/aromatic N) is 2. The van der Waals surface area contributed by atoms with Crippen LogP contribution < -0.4 is 10.1 Å². The van der Waals surface area contributed by atoms with Crippen LogP contribution in [0.2, 0.25) is 0 Å². The van der Waals surface area contributed by atoms with Gasteiger partial charge in [-0.25, -0.2) is 4.79 Å². The van der Waals surface area contributed by atoms with Gasteiger partial charge in [-0.1, -0.05) is 0 Å². The van der Waals surface area contributed by atoms with Gasteiger partial charge >= 0.3 is 11.7 Å². The summed E-state index contributed by atoms with van der Waals surface area (Å²) in [5.74, 6) is -0.554. The summed E-state index contributed by atoms with van der Waals surface area (Å²) in [5.41, 5.74) is 0.193. The fraction of sp³-hybridized carbons (Fsp3) is 0.562. The van der Waals surface area contributed by atoms with Crippen LogP contribution in [-0.4, -0.2) is 69.4 Å². The minimum absolute atomic E-state index is 0.0134. The number of hydrogen-bond acceptors (Lipinski definition) is 8. The van der Waals surface area contributed by atoms with Crippen LogP contribution in [0, 0.1) is 10.1 Å². The molecule has 0 amide bonds. The number of carbonyl (C=O) groups is 1. The first-order valence-electron chi connectivity index (χ1n) is 7.96. The number of carbonyl (C=O) groups excluding carboxylic acids is 1. The van der Waals surface area contributed by atoms with E-state index < -0.39 is 10.9 Å². The van der Waals surface area contributed by atoms with Gasteiger partial charge in [0.15, 0.2) is 5.75 Å². The summed E-state index contributed by atoms with van der Waals surface area (Å²) in [7, 11) is 4.99. The van der Waals surface area contributed by atoms with Crippen molar-refractivity contribution in [2.75, 3.05) is 52.8 Å². The van der Waals surface area contributed by atoms with E-state index in [4.69, 9.17) is 14.2 Å². The van der Waals surface area contributed by atoms with Crippen LogP contribution in [0.1, 0.15) is 16.8 Å². The van der Waals surface area contributed by atoms with Gasteiger partial charge in [0, 0.05) is 25.8 Å². The molecule has 1 N–H and O–H groups in total. The van der Waals surface area contributed by atoms with Crippen LogP contribution in [-0.2, 0) is 9.47 Å². The lowest BCUT2D eigenvalue weighted by Crippen LogP contribution is -2.33. The van der Waals surface area contributed by atoms with Crippen molar-refractivity contribution in [3.63, 3.8) is 0 Å². The highest BCUT2D eigenvalue weighted by Gasteiger charge is 2.26. The van der Waals surface area contributed by atoms with Crippen molar-refractivity contribution >= 4 is 17.3 Å². The largest absolute Gasteiger partial charge is 0.485 e. The summed E-state index contributed by atoms with van der Waals surface area (Å²) in [6, 6.07) is 2.74. The molecule has 1 aromatic rings. The Hall–Kier alpha value is -2.39. The fourth-order valence-electron chi connectivity index (χ4n) is 2.28. The van der Waals surface area contributed by atoms with E-state index in [1.165, 1.54) is 19.2 Å². The molecule has 9 heteroatoms. The molecule has 1 aromatic carbocycles. The van der Waals surface area contributed by atoms with Gasteiger partial charge in [-0.15, -0.1) is 0 Å². The van der Waals surface area contributed by atoms with Gasteiger partial charge in [-0.2, -0.15) is 0 Å². The van der Waals surface area contributed by atoms with Crippen LogP contribution in [0.3, 0.4) is 0 Å². The van der Waals surface area contributed by atoms with Gasteiger partial charge in [-0.05, 0) is 26.6 Å². The van der Waals surface area contributed by atoms with Crippen LogP contribution in [0.15, 0.2) is 12.1 Å². The highest BCUT2D eigenvalue weighted by Crippen LogP contribution is 2.37. The topological polar surface area (TPSA) is 103 Å². The molecule has 1 aliphatic heterocycles. The Balaban J connectivity index is 2.31. The highest BCUT2D eigenvalue weighted by molar-refractivity contribution is 5.93. The third kappa shape index (κ3) is 5.04. The molecule has 0 bridgehead atoms. The first-order valence-corrected chi connectivity index (χ1v) is 7.96. The summed E-state index contributed by atoms with van der Waals surface area (Å²) in [4.78, 5) is 24.8. The van der Waals surface area contributed by atoms with E-state index in [9.17, 15) is 14.9 Å². The van der Waals surface area contributed by atoms with Gasteiger partial charge in [0.1, 0.15) is 12.3 Å². The lowest BCUT2D eigenvalue weighted by molar-refractivity contribution is -0.385. The van der Waals surface area contributed by atoms with Crippen molar-refractivity contribution in [2.24, 2.45) is 0 Å². The number of hydrogen-bond donors (Lipinski definition) is 1. The number of benzene rings is 1. The van der Waals surface area contributed by atoms with Gasteiger partial charge in [-0.3, -0.25) is 10.1 Å². The average Bonchev–Trinajstić information content (AvgIpc) is 2.51. The van der Waals surface area contributed by atoms with E-state index in [-0.39, 0.29) is 35.4 Å². The number of esters is 1. The molecule has 0 radical (unpaired) electrons. The first-order chi connectivity index (χ1) is 11.9. The number of methoxy groups -OCH3 is 1. The van der Waals surface area contributed by atoms with Gasteiger partial charge in [0.05, 0.1) is 23.7 Å². The number of likely N-dealkylation sites (N-methyl/N-ethyl adjacent to an activating group) is 1. The molecule has 0 unspecified atom stereocenters. The lowest BCUT2D eigenvalue weighted by Gasteiger charge is -2.27. The predicted molar refractivity (Wildman–Crippen MR) is 91.3 cm³/mol. The maximum Gasteiger partial charge on any atom is 0.338 e. The summed E-state index contributed by atoms with van der Waals surface area (Å²) in [6.45, 7) is 1.94. The number of nitro groups is 1. The van der Waals surface area contributed by atoms with Crippen molar-refractivity contribution < 1.29 is 23.9 Å². The Morgan fingerprint density at radius 3 is 2.72 bits per heavy atom. The molecule has 1 aliphatic rings. The summed E-state index contributed by atoms with van der Waals surface area (Å²) in [5, 5.41) is 14.5. The average molecular weight is 353 g/mol. The summed E-state index contributed by atoms with van der Waals surface area (Å²) in [6.07, 6.45) is 0.906. The van der Waals surface area contributed by atoms with Crippen LogP contribution in [0.5, 0.6) is 5.75 Å². The fourth-order valence-corrected chi connectivity index (χ4v) is 2.28. The predicted octanol–water partition coefficient (Wildman–Crippen LogP) is 1.52. The molecule has 138 valence electrons. The van der Waals surface area contributed by atoms with Crippen molar-refractivity contribution in [1.29, 1.82) is 0 Å². The van der Waals surface area contributed by atoms with E-state index in [0.29, 0.717) is 19.7 Å². The van der Waals surface area contributed by atoms with E-state index in [1.807, 2.05) is 19.0 Å². The number of nitrogens with one attached hydrogen (secondary N) is 1. The second-order valence-corrected chi connectivity index (χ2v) is 5.93. The molecule has 2 rings (SSSR count). The Morgan fingerprint density at radius 1 is 1.48 bits per heavy atom. The number of anilines is 1. The quantitative estimate of drug-likeness (QED) is 0.405. The molecular formula is C16H23N3O6. The SMILES string of the molecule is COC(=O)c1cc(NC[C@@H]2CCO2)c([N+](=O)[O-])c(OCCN(C)C)c1. The molecule has 0 aliphatic carbocycles.